The molecule has 0 radical (unpaired) electrons. The summed E-state index contributed by atoms with van der Waals surface area (Å²) in [5.41, 5.74) is 2.14. The number of carbonyl (C=O) groups excluding carboxylic acids is 3. The average molecular weight is 329 g/mol. The van der Waals surface area contributed by atoms with Gasteiger partial charge in [0, 0.05) is 57.0 Å². The molecular formula is C18H23N3O3. The number of amides is 2. The van der Waals surface area contributed by atoms with Crippen LogP contribution < -0.4 is 15.5 Å². The van der Waals surface area contributed by atoms with Crippen LogP contribution >= 0.6 is 0 Å². The van der Waals surface area contributed by atoms with Crippen molar-refractivity contribution >= 4 is 23.3 Å². The first-order valence-corrected chi connectivity index (χ1v) is 8.52. The zero-order chi connectivity index (χ0) is 16.9. The summed E-state index contributed by atoms with van der Waals surface area (Å²) >= 11 is 0. The van der Waals surface area contributed by atoms with E-state index < -0.39 is 0 Å². The Labute approximate surface area is 141 Å². The van der Waals surface area contributed by atoms with E-state index in [9.17, 15) is 14.4 Å². The highest BCUT2D eigenvalue weighted by Crippen LogP contribution is 2.19. The SMILES string of the molecule is O=C(Cc1ccc(N2CCNCC2)cc1)CC1CCC(=O)NC1=O. The second kappa shape index (κ2) is 7.57. The molecule has 1 unspecified atom stereocenters. The summed E-state index contributed by atoms with van der Waals surface area (Å²) in [5.74, 6) is -0.879. The van der Waals surface area contributed by atoms with E-state index >= 15 is 0 Å². The standard InChI is InChI=1S/C18H23N3O3/c22-16(12-14-3-6-17(23)20-18(14)24)11-13-1-4-15(5-2-13)21-9-7-19-8-10-21/h1-2,4-5,14,19H,3,6-12H2,(H,20,23,24). The van der Waals surface area contributed by atoms with Gasteiger partial charge in [0.05, 0.1) is 0 Å². The second-order valence-electron chi connectivity index (χ2n) is 6.47. The first-order valence-electron chi connectivity index (χ1n) is 8.52. The third-order valence-electron chi connectivity index (χ3n) is 4.65. The van der Waals surface area contributed by atoms with Crippen LogP contribution in [0.2, 0.25) is 0 Å². The number of piperazine rings is 1. The van der Waals surface area contributed by atoms with Gasteiger partial charge in [0.15, 0.2) is 0 Å². The van der Waals surface area contributed by atoms with Crippen molar-refractivity contribution in [1.82, 2.24) is 10.6 Å². The molecule has 0 bridgehead atoms. The number of hydrogen-bond donors (Lipinski definition) is 2. The number of hydrogen-bond acceptors (Lipinski definition) is 5. The molecule has 2 fully saturated rings. The maximum Gasteiger partial charge on any atom is 0.230 e. The number of imide groups is 1. The van der Waals surface area contributed by atoms with Crippen LogP contribution in [0.4, 0.5) is 5.69 Å². The Morgan fingerprint density at radius 2 is 1.83 bits per heavy atom. The van der Waals surface area contributed by atoms with Gasteiger partial charge in [-0.3, -0.25) is 19.7 Å². The molecule has 2 aliphatic rings. The molecule has 0 aromatic heterocycles. The Morgan fingerprint density at radius 3 is 2.50 bits per heavy atom. The molecule has 1 aromatic rings. The minimum absolute atomic E-state index is 0.0411. The molecule has 3 rings (SSSR count). The van der Waals surface area contributed by atoms with Crippen LogP contribution in [0.5, 0.6) is 0 Å². The van der Waals surface area contributed by atoms with E-state index in [1.807, 2.05) is 12.1 Å². The van der Waals surface area contributed by atoms with Gasteiger partial charge >= 0.3 is 0 Å². The summed E-state index contributed by atoms with van der Waals surface area (Å²) < 4.78 is 0. The molecule has 6 nitrogen and oxygen atoms in total. The van der Waals surface area contributed by atoms with Gasteiger partial charge in [0.1, 0.15) is 5.78 Å². The van der Waals surface area contributed by atoms with Gasteiger partial charge in [-0.1, -0.05) is 12.1 Å². The Morgan fingerprint density at radius 1 is 1.12 bits per heavy atom. The largest absolute Gasteiger partial charge is 0.369 e. The van der Waals surface area contributed by atoms with Crippen molar-refractivity contribution in [2.45, 2.75) is 25.7 Å². The fourth-order valence-corrected chi connectivity index (χ4v) is 3.26. The summed E-state index contributed by atoms with van der Waals surface area (Å²) in [6, 6.07) is 8.08. The van der Waals surface area contributed by atoms with Crippen molar-refractivity contribution in [1.29, 1.82) is 0 Å². The number of carbonyl (C=O) groups is 3. The number of Topliss-reactive ketones (excluding diaryl/α,β-unsaturated/α-hetero) is 1. The molecule has 128 valence electrons. The van der Waals surface area contributed by atoms with Gasteiger partial charge in [0.25, 0.3) is 0 Å². The van der Waals surface area contributed by atoms with Crippen molar-refractivity contribution in [2.75, 3.05) is 31.1 Å². The zero-order valence-electron chi connectivity index (χ0n) is 13.7. The van der Waals surface area contributed by atoms with E-state index in [2.05, 4.69) is 27.7 Å². The normalized spacial score (nSPS) is 21.5. The average Bonchev–Trinajstić information content (AvgIpc) is 2.59. The fraction of sp³-hybridized carbons (Fsp3) is 0.500. The van der Waals surface area contributed by atoms with E-state index in [-0.39, 0.29) is 29.9 Å². The lowest BCUT2D eigenvalue weighted by molar-refractivity contribution is -0.138. The topological polar surface area (TPSA) is 78.5 Å². The van der Waals surface area contributed by atoms with Gasteiger partial charge in [-0.25, -0.2) is 0 Å². The Bertz CT molecular complexity index is 621. The first kappa shape index (κ1) is 16.6. The Kier molecular flexibility index (Phi) is 5.25. The number of rotatable bonds is 5. The summed E-state index contributed by atoms with van der Waals surface area (Å²) in [4.78, 5) is 37.4. The second-order valence-corrected chi connectivity index (χ2v) is 6.47. The van der Waals surface area contributed by atoms with Crippen LogP contribution in [0.3, 0.4) is 0 Å². The van der Waals surface area contributed by atoms with E-state index in [4.69, 9.17) is 0 Å². The molecule has 6 heteroatoms. The highest BCUT2D eigenvalue weighted by Gasteiger charge is 2.28. The lowest BCUT2D eigenvalue weighted by Gasteiger charge is -2.29. The van der Waals surface area contributed by atoms with Gasteiger partial charge in [-0.15, -0.1) is 0 Å². The van der Waals surface area contributed by atoms with E-state index in [0.717, 1.165) is 31.7 Å². The zero-order valence-corrected chi connectivity index (χ0v) is 13.7. The van der Waals surface area contributed by atoms with E-state index in [0.29, 0.717) is 19.3 Å². The summed E-state index contributed by atoms with van der Waals surface area (Å²) in [5, 5.41) is 5.63. The molecule has 2 amide bonds. The fourth-order valence-electron chi connectivity index (χ4n) is 3.26. The third kappa shape index (κ3) is 4.20. The molecule has 1 aromatic carbocycles. The number of ketones is 1. The molecule has 2 N–H and O–H groups in total. The van der Waals surface area contributed by atoms with Crippen LogP contribution in [-0.4, -0.2) is 43.8 Å². The lowest BCUT2D eigenvalue weighted by atomic mass is 9.91. The molecule has 24 heavy (non-hydrogen) atoms. The molecule has 2 saturated heterocycles. The molecular weight excluding hydrogens is 306 g/mol. The Balaban J connectivity index is 1.52. The van der Waals surface area contributed by atoms with Crippen molar-refractivity contribution in [2.24, 2.45) is 5.92 Å². The summed E-state index contributed by atoms with van der Waals surface area (Å²) in [6.07, 6.45) is 1.33. The van der Waals surface area contributed by atoms with Gasteiger partial charge < -0.3 is 10.2 Å². The molecule has 2 aliphatic heterocycles. The summed E-state index contributed by atoms with van der Waals surface area (Å²) in [7, 11) is 0. The van der Waals surface area contributed by atoms with Crippen molar-refractivity contribution in [3.05, 3.63) is 29.8 Å². The molecule has 1 atom stereocenters. The monoisotopic (exact) mass is 329 g/mol. The number of benzene rings is 1. The van der Waals surface area contributed by atoms with Crippen molar-refractivity contribution in [3.63, 3.8) is 0 Å². The predicted molar refractivity (Wildman–Crippen MR) is 90.7 cm³/mol. The first-order chi connectivity index (χ1) is 11.6. The van der Waals surface area contributed by atoms with Crippen LogP contribution in [0, 0.1) is 5.92 Å². The lowest BCUT2D eigenvalue weighted by Crippen LogP contribution is -2.43. The smallest absolute Gasteiger partial charge is 0.230 e. The molecule has 2 heterocycles. The Hall–Kier alpha value is -2.21. The van der Waals surface area contributed by atoms with Gasteiger partial charge in [0.2, 0.25) is 11.8 Å². The van der Waals surface area contributed by atoms with Crippen LogP contribution in [0.25, 0.3) is 0 Å². The molecule has 0 aliphatic carbocycles. The van der Waals surface area contributed by atoms with Crippen molar-refractivity contribution < 1.29 is 14.4 Å². The predicted octanol–water partition coefficient (Wildman–Crippen LogP) is 0.651. The third-order valence-corrected chi connectivity index (χ3v) is 4.65. The van der Waals surface area contributed by atoms with Crippen molar-refractivity contribution in [3.8, 4) is 0 Å². The summed E-state index contributed by atoms with van der Waals surface area (Å²) in [6.45, 7) is 3.97. The number of piperidine rings is 1. The number of nitrogens with zero attached hydrogens (tertiary/aromatic N) is 1. The van der Waals surface area contributed by atoms with Gasteiger partial charge in [-0.05, 0) is 24.1 Å². The van der Waals surface area contributed by atoms with Crippen LogP contribution in [0.1, 0.15) is 24.8 Å². The molecule has 0 spiro atoms. The molecule has 0 saturated carbocycles. The maximum atomic E-state index is 12.2. The number of anilines is 1. The quantitative estimate of drug-likeness (QED) is 0.776. The van der Waals surface area contributed by atoms with Crippen LogP contribution in [0.15, 0.2) is 24.3 Å². The highest BCUT2D eigenvalue weighted by molar-refractivity contribution is 6.00. The highest BCUT2D eigenvalue weighted by atomic mass is 16.2. The van der Waals surface area contributed by atoms with Gasteiger partial charge in [-0.2, -0.15) is 0 Å². The minimum Gasteiger partial charge on any atom is -0.369 e. The van der Waals surface area contributed by atoms with E-state index in [1.165, 1.54) is 5.69 Å². The minimum atomic E-state index is -0.365. The number of nitrogens with one attached hydrogen (secondary N) is 2. The maximum absolute atomic E-state index is 12.2. The van der Waals surface area contributed by atoms with Crippen LogP contribution in [-0.2, 0) is 20.8 Å². The van der Waals surface area contributed by atoms with E-state index in [1.54, 1.807) is 0 Å².